The second kappa shape index (κ2) is 7.45. The number of halogens is 1. The lowest BCUT2D eigenvalue weighted by atomic mass is 10.1. The van der Waals surface area contributed by atoms with E-state index in [1.807, 2.05) is 0 Å². The van der Waals surface area contributed by atoms with Crippen molar-refractivity contribution in [2.45, 2.75) is 30.2 Å². The fourth-order valence-corrected chi connectivity index (χ4v) is 4.19. The molecule has 2 unspecified atom stereocenters. The molecule has 0 aromatic carbocycles. The fourth-order valence-electron chi connectivity index (χ4n) is 2.78. The summed E-state index contributed by atoms with van der Waals surface area (Å²) in [4.78, 5) is 11.8. The molecular formula is C13H23ClN4O3S. The van der Waals surface area contributed by atoms with Gasteiger partial charge in [-0.2, -0.15) is 0 Å². The van der Waals surface area contributed by atoms with E-state index in [1.165, 1.54) is 23.9 Å². The number of aromatic nitrogens is 1. The molecule has 126 valence electrons. The first-order chi connectivity index (χ1) is 9.89. The predicted octanol–water partition coefficient (Wildman–Crippen LogP) is 0.212. The summed E-state index contributed by atoms with van der Waals surface area (Å²) in [5, 5.41) is 2.48. The quantitative estimate of drug-likeness (QED) is 0.705. The van der Waals surface area contributed by atoms with Gasteiger partial charge in [-0.05, 0) is 31.4 Å². The Balaban J connectivity index is 0.00000242. The van der Waals surface area contributed by atoms with Crippen LogP contribution in [0.4, 0.5) is 0 Å². The number of nitrogens with two attached hydrogens (primary N) is 1. The minimum atomic E-state index is -3.64. The third kappa shape index (κ3) is 3.81. The Hall–Kier alpha value is -1.09. The minimum absolute atomic E-state index is 0. The van der Waals surface area contributed by atoms with Crippen molar-refractivity contribution in [1.29, 1.82) is 0 Å². The summed E-state index contributed by atoms with van der Waals surface area (Å²) in [6, 6.07) is 1.26. The highest BCUT2D eigenvalue weighted by atomic mass is 35.5. The van der Waals surface area contributed by atoms with Crippen LogP contribution in [0.1, 0.15) is 29.8 Å². The number of carbonyl (C=O) groups is 1. The molecule has 2 atom stereocenters. The second-order valence-corrected chi connectivity index (χ2v) is 7.12. The van der Waals surface area contributed by atoms with Crippen LogP contribution in [0.15, 0.2) is 17.2 Å². The standard InChI is InChI=1S/C13H22N4O3S.ClH/c1-15-13(18)12-6-10(8-17(12)2)21(19,20)16-11-5-3-4-9(11)7-14;/h6,8-9,11,16H,3-5,7,14H2,1-2H3,(H,15,18);1H. The number of hydrogen-bond acceptors (Lipinski definition) is 4. The van der Waals surface area contributed by atoms with Crippen molar-refractivity contribution in [1.82, 2.24) is 14.6 Å². The maximum Gasteiger partial charge on any atom is 0.267 e. The Morgan fingerprint density at radius 1 is 1.45 bits per heavy atom. The maximum absolute atomic E-state index is 12.4. The zero-order valence-corrected chi connectivity index (χ0v) is 14.3. The Morgan fingerprint density at radius 2 is 2.14 bits per heavy atom. The first-order valence-electron chi connectivity index (χ1n) is 7.00. The lowest BCUT2D eigenvalue weighted by molar-refractivity contribution is 0.0955. The van der Waals surface area contributed by atoms with E-state index in [4.69, 9.17) is 5.73 Å². The molecule has 0 spiro atoms. The number of rotatable bonds is 5. The van der Waals surface area contributed by atoms with Gasteiger partial charge in [-0.3, -0.25) is 4.79 Å². The summed E-state index contributed by atoms with van der Waals surface area (Å²) < 4.78 is 29.1. The molecule has 0 saturated heterocycles. The van der Waals surface area contributed by atoms with E-state index >= 15 is 0 Å². The highest BCUT2D eigenvalue weighted by molar-refractivity contribution is 7.89. The number of aryl methyl sites for hydroxylation is 1. The zero-order chi connectivity index (χ0) is 15.6. The molecule has 1 aliphatic carbocycles. The first kappa shape index (κ1) is 19.0. The van der Waals surface area contributed by atoms with Crippen molar-refractivity contribution in [3.63, 3.8) is 0 Å². The number of amides is 1. The average molecular weight is 351 g/mol. The summed E-state index contributed by atoms with van der Waals surface area (Å²) in [6.07, 6.45) is 4.17. The fraction of sp³-hybridized carbons (Fsp3) is 0.615. The second-order valence-electron chi connectivity index (χ2n) is 5.41. The van der Waals surface area contributed by atoms with Gasteiger partial charge in [0.25, 0.3) is 5.91 Å². The highest BCUT2D eigenvalue weighted by Crippen LogP contribution is 2.26. The van der Waals surface area contributed by atoms with Crippen molar-refractivity contribution >= 4 is 28.3 Å². The van der Waals surface area contributed by atoms with Crippen molar-refractivity contribution in [2.75, 3.05) is 13.6 Å². The van der Waals surface area contributed by atoms with E-state index < -0.39 is 10.0 Å². The van der Waals surface area contributed by atoms with Crippen LogP contribution in [-0.2, 0) is 17.1 Å². The molecule has 1 saturated carbocycles. The molecule has 4 N–H and O–H groups in total. The molecule has 0 aliphatic heterocycles. The van der Waals surface area contributed by atoms with Crippen molar-refractivity contribution in [3.05, 3.63) is 18.0 Å². The van der Waals surface area contributed by atoms with Crippen LogP contribution >= 0.6 is 12.4 Å². The molecule has 0 radical (unpaired) electrons. The molecular weight excluding hydrogens is 328 g/mol. The Morgan fingerprint density at radius 3 is 2.73 bits per heavy atom. The van der Waals surface area contributed by atoms with E-state index in [-0.39, 0.29) is 35.2 Å². The summed E-state index contributed by atoms with van der Waals surface area (Å²) in [6.45, 7) is 0.478. The summed E-state index contributed by atoms with van der Waals surface area (Å²) in [7, 11) is -0.490. The molecule has 1 heterocycles. The van der Waals surface area contributed by atoms with E-state index in [1.54, 1.807) is 7.05 Å². The van der Waals surface area contributed by atoms with Crippen LogP contribution in [0.25, 0.3) is 0 Å². The third-order valence-corrected chi connectivity index (χ3v) is 5.48. The minimum Gasteiger partial charge on any atom is -0.354 e. The topological polar surface area (TPSA) is 106 Å². The SMILES string of the molecule is CNC(=O)c1cc(S(=O)(=O)NC2CCCC2CN)cn1C.Cl. The molecule has 1 aliphatic rings. The largest absolute Gasteiger partial charge is 0.354 e. The summed E-state index contributed by atoms with van der Waals surface area (Å²) >= 11 is 0. The maximum atomic E-state index is 12.4. The highest BCUT2D eigenvalue weighted by Gasteiger charge is 2.31. The van der Waals surface area contributed by atoms with Crippen LogP contribution in [-0.4, -0.2) is 38.5 Å². The first-order valence-corrected chi connectivity index (χ1v) is 8.48. The predicted molar refractivity (Wildman–Crippen MR) is 86.6 cm³/mol. The van der Waals surface area contributed by atoms with E-state index in [9.17, 15) is 13.2 Å². The van der Waals surface area contributed by atoms with Gasteiger partial charge in [0.05, 0.1) is 0 Å². The van der Waals surface area contributed by atoms with Crippen molar-refractivity contribution in [3.8, 4) is 0 Å². The van der Waals surface area contributed by atoms with Crippen LogP contribution in [0.2, 0.25) is 0 Å². The Kier molecular flexibility index (Phi) is 6.42. The molecule has 2 rings (SSSR count). The molecule has 9 heteroatoms. The van der Waals surface area contributed by atoms with E-state index in [0.717, 1.165) is 19.3 Å². The molecule has 7 nitrogen and oxygen atoms in total. The van der Waals surface area contributed by atoms with Gasteiger partial charge < -0.3 is 15.6 Å². The van der Waals surface area contributed by atoms with Crippen molar-refractivity contribution < 1.29 is 13.2 Å². The zero-order valence-electron chi connectivity index (χ0n) is 12.7. The monoisotopic (exact) mass is 350 g/mol. The summed E-state index contributed by atoms with van der Waals surface area (Å²) in [5.74, 6) is -0.137. The number of nitrogens with one attached hydrogen (secondary N) is 2. The molecule has 1 amide bonds. The van der Waals surface area contributed by atoms with Gasteiger partial charge in [0.15, 0.2) is 0 Å². The smallest absolute Gasteiger partial charge is 0.267 e. The molecule has 1 aromatic heterocycles. The van der Waals surface area contributed by atoms with Crippen LogP contribution < -0.4 is 15.8 Å². The van der Waals surface area contributed by atoms with E-state index in [0.29, 0.717) is 12.2 Å². The molecule has 1 fully saturated rings. The van der Waals surface area contributed by atoms with Gasteiger partial charge >= 0.3 is 0 Å². The van der Waals surface area contributed by atoms with Crippen molar-refractivity contribution in [2.24, 2.45) is 18.7 Å². The van der Waals surface area contributed by atoms with Gasteiger partial charge in [-0.1, -0.05) is 6.42 Å². The lowest BCUT2D eigenvalue weighted by Gasteiger charge is -2.18. The van der Waals surface area contributed by atoms with Gasteiger partial charge in [-0.15, -0.1) is 12.4 Å². The molecule has 0 bridgehead atoms. The Labute approximate surface area is 137 Å². The number of nitrogens with zero attached hydrogens (tertiary/aromatic N) is 1. The number of carbonyl (C=O) groups excluding carboxylic acids is 1. The van der Waals surface area contributed by atoms with Gasteiger partial charge in [-0.25, -0.2) is 13.1 Å². The number of hydrogen-bond donors (Lipinski definition) is 3. The van der Waals surface area contributed by atoms with E-state index in [2.05, 4.69) is 10.0 Å². The van der Waals surface area contributed by atoms with Gasteiger partial charge in [0.2, 0.25) is 10.0 Å². The molecule has 1 aromatic rings. The lowest BCUT2D eigenvalue weighted by Crippen LogP contribution is -2.39. The molecule has 22 heavy (non-hydrogen) atoms. The summed E-state index contributed by atoms with van der Waals surface area (Å²) in [5.41, 5.74) is 5.98. The van der Waals surface area contributed by atoms with Crippen LogP contribution in [0.3, 0.4) is 0 Å². The van der Waals surface area contributed by atoms with Crippen LogP contribution in [0.5, 0.6) is 0 Å². The average Bonchev–Trinajstić information content (AvgIpc) is 3.04. The van der Waals surface area contributed by atoms with Gasteiger partial charge in [0, 0.05) is 26.3 Å². The van der Waals surface area contributed by atoms with Gasteiger partial charge in [0.1, 0.15) is 10.6 Å². The number of sulfonamides is 1. The third-order valence-electron chi connectivity index (χ3n) is 4.02. The van der Waals surface area contributed by atoms with Crippen LogP contribution in [0, 0.1) is 5.92 Å². The normalized spacial score (nSPS) is 21.4. The Bertz CT molecular complexity index is 629.